The summed E-state index contributed by atoms with van der Waals surface area (Å²) in [5.74, 6) is -2.91. The fourth-order valence-corrected chi connectivity index (χ4v) is 3.39. The molecule has 1 aromatic carbocycles. The molecule has 0 aliphatic rings. The lowest BCUT2D eigenvalue weighted by atomic mass is 10.2. The molecule has 150 valence electrons. The number of benzene rings is 1. The fraction of sp³-hybridized carbons (Fsp3) is 0.200. The van der Waals surface area contributed by atoms with Crippen molar-refractivity contribution < 1.29 is 18.4 Å². The topological polar surface area (TPSA) is 84.0 Å². The van der Waals surface area contributed by atoms with Crippen LogP contribution in [0.15, 0.2) is 48.1 Å². The van der Waals surface area contributed by atoms with Crippen LogP contribution in [0.3, 0.4) is 0 Å². The number of amides is 2. The number of carbonyl (C=O) groups is 2. The minimum atomic E-state index is -0.975. The number of halogens is 2. The summed E-state index contributed by atoms with van der Waals surface area (Å²) in [6.07, 6.45) is 4.83. The minimum Gasteiger partial charge on any atom is -0.355 e. The molecule has 3 rings (SSSR count). The molecule has 0 spiro atoms. The summed E-state index contributed by atoms with van der Waals surface area (Å²) in [5, 5.41) is 7.94. The Balaban J connectivity index is 1.37. The summed E-state index contributed by atoms with van der Waals surface area (Å²) in [6.45, 7) is 0.128. The quantitative estimate of drug-likeness (QED) is 0.553. The second-order valence-electron chi connectivity index (χ2n) is 6.12. The molecule has 9 heteroatoms. The van der Waals surface area contributed by atoms with Crippen LogP contribution in [0.2, 0.25) is 0 Å². The third-order valence-corrected chi connectivity index (χ3v) is 4.91. The van der Waals surface area contributed by atoms with Gasteiger partial charge in [-0.25, -0.2) is 13.8 Å². The Bertz CT molecular complexity index is 995. The first-order valence-electron chi connectivity index (χ1n) is 8.87. The van der Waals surface area contributed by atoms with E-state index in [0.29, 0.717) is 25.5 Å². The predicted molar refractivity (Wildman–Crippen MR) is 105 cm³/mol. The highest BCUT2D eigenvalue weighted by atomic mass is 32.1. The van der Waals surface area contributed by atoms with E-state index in [2.05, 4.69) is 20.6 Å². The van der Waals surface area contributed by atoms with Gasteiger partial charge in [-0.05, 0) is 30.7 Å². The normalized spacial score (nSPS) is 10.6. The summed E-state index contributed by atoms with van der Waals surface area (Å²) in [6, 6.07) is 6.42. The highest BCUT2D eigenvalue weighted by Gasteiger charge is 2.13. The zero-order valence-corrected chi connectivity index (χ0v) is 16.1. The second kappa shape index (κ2) is 9.83. The predicted octanol–water partition coefficient (Wildman–Crippen LogP) is 2.96. The molecule has 2 aromatic heterocycles. The van der Waals surface area contributed by atoms with Gasteiger partial charge in [-0.15, -0.1) is 11.3 Å². The van der Waals surface area contributed by atoms with Crippen LogP contribution in [0.1, 0.15) is 21.8 Å². The molecule has 29 heavy (non-hydrogen) atoms. The van der Waals surface area contributed by atoms with Gasteiger partial charge in [0.2, 0.25) is 5.91 Å². The average molecular weight is 416 g/mol. The van der Waals surface area contributed by atoms with Gasteiger partial charge in [0.05, 0.1) is 22.8 Å². The molecular formula is C20H18F2N4O2S. The highest BCUT2D eigenvalue weighted by Crippen LogP contribution is 2.21. The van der Waals surface area contributed by atoms with E-state index in [1.54, 1.807) is 23.7 Å². The Hall–Kier alpha value is -3.20. The minimum absolute atomic E-state index is 0.293. The molecule has 0 fully saturated rings. The fourth-order valence-electron chi connectivity index (χ4n) is 2.54. The molecule has 0 saturated carbocycles. The van der Waals surface area contributed by atoms with Crippen molar-refractivity contribution in [3.63, 3.8) is 0 Å². The largest absolute Gasteiger partial charge is 0.355 e. The maximum absolute atomic E-state index is 13.5. The summed E-state index contributed by atoms with van der Waals surface area (Å²) >= 11 is 1.55. The highest BCUT2D eigenvalue weighted by molar-refractivity contribution is 7.09. The van der Waals surface area contributed by atoms with Crippen molar-refractivity contribution in [2.45, 2.75) is 12.8 Å². The Kier molecular flexibility index (Phi) is 6.96. The molecule has 0 bridgehead atoms. The lowest BCUT2D eigenvalue weighted by Crippen LogP contribution is -2.37. The van der Waals surface area contributed by atoms with Crippen LogP contribution >= 0.6 is 11.3 Å². The van der Waals surface area contributed by atoms with Crippen molar-refractivity contribution >= 4 is 23.2 Å². The standard InChI is InChI=1S/C20H18F2N4O2S/c21-14-3-4-15(16(22)10-14)20(28)25-11-18(27)24-7-1-2-19-26-17(12-29-19)13-5-8-23-9-6-13/h3-6,8-10,12H,1-2,7,11H2,(H,24,27)(H,25,28). The van der Waals surface area contributed by atoms with Gasteiger partial charge in [0.25, 0.3) is 5.91 Å². The van der Waals surface area contributed by atoms with E-state index in [1.165, 1.54) is 0 Å². The Morgan fingerprint density at radius 3 is 2.62 bits per heavy atom. The molecule has 0 unspecified atom stereocenters. The first kappa shape index (κ1) is 20.5. The molecular weight excluding hydrogens is 398 g/mol. The van der Waals surface area contributed by atoms with Crippen molar-refractivity contribution in [2.75, 3.05) is 13.1 Å². The molecule has 3 aromatic rings. The summed E-state index contributed by atoms with van der Waals surface area (Å²) < 4.78 is 26.4. The molecule has 0 atom stereocenters. The number of rotatable bonds is 8. The van der Waals surface area contributed by atoms with Gasteiger partial charge in [-0.1, -0.05) is 0 Å². The van der Waals surface area contributed by atoms with Gasteiger partial charge >= 0.3 is 0 Å². The van der Waals surface area contributed by atoms with Crippen molar-refractivity contribution in [2.24, 2.45) is 0 Å². The molecule has 6 nitrogen and oxygen atoms in total. The van der Waals surface area contributed by atoms with E-state index in [-0.39, 0.29) is 12.1 Å². The zero-order chi connectivity index (χ0) is 20.6. The number of thiazole rings is 1. The maximum Gasteiger partial charge on any atom is 0.254 e. The second-order valence-corrected chi connectivity index (χ2v) is 7.07. The van der Waals surface area contributed by atoms with Crippen LogP contribution in [0, 0.1) is 11.6 Å². The van der Waals surface area contributed by atoms with Crippen LogP contribution < -0.4 is 10.6 Å². The first-order chi connectivity index (χ1) is 14.0. The van der Waals surface area contributed by atoms with E-state index in [4.69, 9.17) is 0 Å². The van der Waals surface area contributed by atoms with Gasteiger partial charge in [-0.2, -0.15) is 0 Å². The number of hydrogen-bond donors (Lipinski definition) is 2. The van der Waals surface area contributed by atoms with Gasteiger partial charge in [0.15, 0.2) is 0 Å². The summed E-state index contributed by atoms with van der Waals surface area (Å²) in [4.78, 5) is 32.2. The zero-order valence-electron chi connectivity index (χ0n) is 15.3. The van der Waals surface area contributed by atoms with Gasteiger partial charge in [0.1, 0.15) is 11.6 Å². The average Bonchev–Trinajstić information content (AvgIpc) is 3.19. The van der Waals surface area contributed by atoms with E-state index < -0.39 is 23.4 Å². The molecule has 0 aliphatic carbocycles. The van der Waals surface area contributed by atoms with Crippen molar-refractivity contribution in [1.82, 2.24) is 20.6 Å². The summed E-state index contributed by atoms with van der Waals surface area (Å²) in [5.41, 5.74) is 1.59. The lowest BCUT2D eigenvalue weighted by molar-refractivity contribution is -0.120. The van der Waals surface area contributed by atoms with E-state index >= 15 is 0 Å². The van der Waals surface area contributed by atoms with Crippen molar-refractivity contribution in [3.05, 3.63) is 70.3 Å². The lowest BCUT2D eigenvalue weighted by Gasteiger charge is -2.07. The Morgan fingerprint density at radius 1 is 1.07 bits per heavy atom. The van der Waals surface area contributed by atoms with Gasteiger partial charge in [-0.3, -0.25) is 14.6 Å². The third-order valence-electron chi connectivity index (χ3n) is 4.00. The molecule has 2 N–H and O–H groups in total. The van der Waals surface area contributed by atoms with E-state index in [9.17, 15) is 18.4 Å². The number of aromatic nitrogens is 2. The van der Waals surface area contributed by atoms with Crippen molar-refractivity contribution in [1.29, 1.82) is 0 Å². The Morgan fingerprint density at radius 2 is 1.86 bits per heavy atom. The van der Waals surface area contributed by atoms with Crippen LogP contribution in [0.25, 0.3) is 11.3 Å². The molecule has 0 saturated heterocycles. The van der Waals surface area contributed by atoms with Gasteiger partial charge in [0, 0.05) is 42.4 Å². The number of hydrogen-bond acceptors (Lipinski definition) is 5. The third kappa shape index (κ3) is 5.89. The molecule has 2 amide bonds. The maximum atomic E-state index is 13.5. The van der Waals surface area contributed by atoms with E-state index in [1.807, 2.05) is 17.5 Å². The molecule has 2 heterocycles. The number of nitrogens with one attached hydrogen (secondary N) is 2. The van der Waals surface area contributed by atoms with Crippen LogP contribution in [0.5, 0.6) is 0 Å². The number of pyridine rings is 1. The number of aryl methyl sites for hydroxylation is 1. The van der Waals surface area contributed by atoms with Crippen LogP contribution in [0.4, 0.5) is 8.78 Å². The van der Waals surface area contributed by atoms with Crippen LogP contribution in [-0.4, -0.2) is 34.9 Å². The number of carbonyl (C=O) groups excluding carboxylic acids is 2. The Labute approximate surface area is 170 Å². The molecule has 0 aliphatic heterocycles. The summed E-state index contributed by atoms with van der Waals surface area (Å²) in [7, 11) is 0. The first-order valence-corrected chi connectivity index (χ1v) is 9.75. The van der Waals surface area contributed by atoms with E-state index in [0.717, 1.165) is 28.4 Å². The van der Waals surface area contributed by atoms with Crippen molar-refractivity contribution in [3.8, 4) is 11.3 Å². The number of nitrogens with zero attached hydrogens (tertiary/aromatic N) is 2. The van der Waals surface area contributed by atoms with Gasteiger partial charge < -0.3 is 10.6 Å². The molecule has 0 radical (unpaired) electrons. The SMILES string of the molecule is O=C(CNC(=O)c1ccc(F)cc1F)NCCCc1nc(-c2ccncc2)cs1. The smallest absolute Gasteiger partial charge is 0.254 e. The van der Waals surface area contributed by atoms with Crippen LogP contribution in [-0.2, 0) is 11.2 Å². The monoisotopic (exact) mass is 416 g/mol.